The summed E-state index contributed by atoms with van der Waals surface area (Å²) >= 11 is 0. The summed E-state index contributed by atoms with van der Waals surface area (Å²) in [5, 5.41) is 33.0. The Hall–Kier alpha value is -5.51. The minimum absolute atomic E-state index is 0.0143. The first kappa shape index (κ1) is 30.0. The Balaban J connectivity index is 1.33. The van der Waals surface area contributed by atoms with Gasteiger partial charge in [-0.05, 0) is 71.6 Å². The summed E-state index contributed by atoms with van der Waals surface area (Å²) in [4.78, 5) is 30.9. The van der Waals surface area contributed by atoms with Crippen LogP contribution in [0, 0.1) is 0 Å². The number of rotatable bonds is 12. The molecule has 1 amide bonds. The second-order valence-corrected chi connectivity index (χ2v) is 10.3. The molecule has 4 N–H and O–H groups in total. The molecule has 2 aromatic heterocycles. The van der Waals surface area contributed by atoms with E-state index in [9.17, 15) is 24.9 Å². The molecule has 10 heteroatoms. The van der Waals surface area contributed by atoms with E-state index in [-0.39, 0.29) is 35.9 Å². The van der Waals surface area contributed by atoms with Gasteiger partial charge in [0.15, 0.2) is 11.5 Å². The lowest BCUT2D eigenvalue weighted by atomic mass is 9.89. The van der Waals surface area contributed by atoms with Gasteiger partial charge in [0, 0.05) is 31.5 Å². The lowest BCUT2D eigenvalue weighted by molar-refractivity contribution is -0.121. The summed E-state index contributed by atoms with van der Waals surface area (Å²) in [5.74, 6) is -0.601. The Bertz CT molecular complexity index is 1800. The molecule has 0 aliphatic carbocycles. The van der Waals surface area contributed by atoms with Crippen LogP contribution in [0.5, 0.6) is 28.9 Å². The molecule has 44 heavy (non-hydrogen) atoms. The maximum atomic E-state index is 13.5. The summed E-state index contributed by atoms with van der Waals surface area (Å²) in [6.07, 6.45) is 2.56. The average molecular weight is 596 g/mol. The van der Waals surface area contributed by atoms with Crippen molar-refractivity contribution in [2.24, 2.45) is 0 Å². The first-order valence-electron chi connectivity index (χ1n) is 14.2. The van der Waals surface area contributed by atoms with Crippen molar-refractivity contribution in [3.8, 4) is 28.9 Å². The molecule has 5 aromatic rings. The number of fused-ring (bicyclic) bond motifs is 1. The van der Waals surface area contributed by atoms with Crippen LogP contribution in [0.25, 0.3) is 5.65 Å². The highest BCUT2D eigenvalue weighted by Crippen LogP contribution is 2.32. The highest BCUT2D eigenvalue weighted by Gasteiger charge is 2.26. The molecule has 0 saturated carbocycles. The second-order valence-electron chi connectivity index (χ2n) is 10.3. The van der Waals surface area contributed by atoms with Crippen molar-refractivity contribution in [2.75, 3.05) is 20.3 Å². The molecule has 0 saturated heterocycles. The van der Waals surface area contributed by atoms with E-state index < -0.39 is 17.4 Å². The third-order valence-electron chi connectivity index (χ3n) is 7.36. The number of benzene rings is 3. The number of nitrogens with zero attached hydrogens (tertiary/aromatic N) is 2. The van der Waals surface area contributed by atoms with Crippen molar-refractivity contribution in [3.63, 3.8) is 0 Å². The number of methoxy groups -OCH3 is 1. The van der Waals surface area contributed by atoms with Crippen molar-refractivity contribution in [3.05, 3.63) is 124 Å². The lowest BCUT2D eigenvalue weighted by Gasteiger charge is -2.19. The summed E-state index contributed by atoms with van der Waals surface area (Å²) in [6, 6.07) is 24.4. The quantitative estimate of drug-likeness (QED) is 0.156. The van der Waals surface area contributed by atoms with E-state index in [1.54, 1.807) is 61.8 Å². The number of phenols is 2. The maximum absolute atomic E-state index is 13.5. The van der Waals surface area contributed by atoms with Gasteiger partial charge in [0.2, 0.25) is 11.8 Å². The fourth-order valence-electron chi connectivity index (χ4n) is 4.99. The SMILES string of the molecule is COc1ccc(CCOc2ccc([C@H](CC(=O)NCCc3ccc(O)c(O)c3)c3c(O)nc4ccccn4c3=O)cc2)cc1. The molecule has 0 aliphatic rings. The van der Waals surface area contributed by atoms with Gasteiger partial charge in [0.1, 0.15) is 17.1 Å². The minimum atomic E-state index is -0.793. The first-order chi connectivity index (χ1) is 21.3. The van der Waals surface area contributed by atoms with Gasteiger partial charge in [-0.1, -0.05) is 36.4 Å². The molecule has 226 valence electrons. The summed E-state index contributed by atoms with van der Waals surface area (Å²) in [5.41, 5.74) is 2.31. The molecule has 0 unspecified atom stereocenters. The number of aromatic nitrogens is 2. The zero-order valence-electron chi connectivity index (χ0n) is 24.1. The Kier molecular flexibility index (Phi) is 9.29. The number of ether oxygens (including phenoxy) is 2. The Morgan fingerprint density at radius 3 is 2.34 bits per heavy atom. The van der Waals surface area contributed by atoms with E-state index >= 15 is 0 Å². The van der Waals surface area contributed by atoms with Crippen LogP contribution in [0.15, 0.2) is 95.9 Å². The molecule has 0 aliphatic heterocycles. The van der Waals surface area contributed by atoms with Gasteiger partial charge in [-0.15, -0.1) is 0 Å². The van der Waals surface area contributed by atoms with Gasteiger partial charge in [0.25, 0.3) is 5.56 Å². The van der Waals surface area contributed by atoms with Crippen LogP contribution >= 0.6 is 0 Å². The topological polar surface area (TPSA) is 143 Å². The van der Waals surface area contributed by atoms with Crippen molar-refractivity contribution in [1.82, 2.24) is 14.7 Å². The molecule has 0 radical (unpaired) electrons. The van der Waals surface area contributed by atoms with Crippen molar-refractivity contribution in [2.45, 2.75) is 25.2 Å². The largest absolute Gasteiger partial charge is 0.504 e. The number of hydrogen-bond donors (Lipinski definition) is 4. The fourth-order valence-corrected chi connectivity index (χ4v) is 4.99. The lowest BCUT2D eigenvalue weighted by Crippen LogP contribution is -2.30. The molecule has 5 rings (SSSR count). The third-order valence-corrected chi connectivity index (χ3v) is 7.36. The molecule has 3 aromatic carbocycles. The van der Waals surface area contributed by atoms with E-state index in [1.807, 2.05) is 24.3 Å². The molecular formula is C34H33N3O7. The Labute approximate surface area is 253 Å². The first-order valence-corrected chi connectivity index (χ1v) is 14.2. The number of phenolic OH excluding ortho intramolecular Hbond substituents is 2. The van der Waals surface area contributed by atoms with Crippen LogP contribution < -0.4 is 20.3 Å². The van der Waals surface area contributed by atoms with Crippen LogP contribution in [0.3, 0.4) is 0 Å². The zero-order valence-corrected chi connectivity index (χ0v) is 24.1. The molecule has 2 heterocycles. The van der Waals surface area contributed by atoms with E-state index in [0.717, 1.165) is 16.9 Å². The number of amides is 1. The van der Waals surface area contributed by atoms with Crippen LogP contribution in [0.2, 0.25) is 0 Å². The van der Waals surface area contributed by atoms with Gasteiger partial charge in [-0.25, -0.2) is 0 Å². The Morgan fingerprint density at radius 2 is 1.61 bits per heavy atom. The summed E-state index contributed by atoms with van der Waals surface area (Å²) in [6.45, 7) is 0.713. The van der Waals surface area contributed by atoms with Crippen LogP contribution in [0.1, 0.15) is 34.6 Å². The molecule has 0 fully saturated rings. The fraction of sp³-hybridized carbons (Fsp3) is 0.206. The molecule has 0 spiro atoms. The van der Waals surface area contributed by atoms with Gasteiger partial charge in [0.05, 0.1) is 19.3 Å². The maximum Gasteiger partial charge on any atom is 0.265 e. The van der Waals surface area contributed by atoms with Gasteiger partial charge in [-0.2, -0.15) is 4.98 Å². The van der Waals surface area contributed by atoms with E-state index in [1.165, 1.54) is 16.5 Å². The highest BCUT2D eigenvalue weighted by molar-refractivity contribution is 5.77. The standard InChI is InChI=1S/C34H33N3O7/c1-43-25-10-5-22(6-11-25)16-19-44-26-12-8-24(9-13-26)27(32-33(41)36-30-4-2-3-18-37(30)34(32)42)21-31(40)35-17-15-23-7-14-28(38)29(39)20-23/h2-14,18,20,27,38-39,41H,15-17,19,21H2,1H3,(H,35,40)/t27-/m0/s1. The Morgan fingerprint density at radius 1 is 0.886 bits per heavy atom. The second kappa shape index (κ2) is 13.6. The van der Waals surface area contributed by atoms with Crippen molar-refractivity contribution < 1.29 is 29.6 Å². The normalized spacial score (nSPS) is 11.7. The van der Waals surface area contributed by atoms with Crippen LogP contribution in [0.4, 0.5) is 0 Å². The highest BCUT2D eigenvalue weighted by atomic mass is 16.5. The average Bonchev–Trinajstić information content (AvgIpc) is 3.03. The van der Waals surface area contributed by atoms with Crippen molar-refractivity contribution >= 4 is 11.6 Å². The third kappa shape index (κ3) is 7.09. The minimum Gasteiger partial charge on any atom is -0.504 e. The monoisotopic (exact) mass is 595 g/mol. The molecule has 10 nitrogen and oxygen atoms in total. The number of nitrogens with one attached hydrogen (secondary N) is 1. The molecule has 0 bridgehead atoms. The van der Waals surface area contributed by atoms with Gasteiger partial charge in [-0.3, -0.25) is 14.0 Å². The number of carbonyl (C=O) groups excluding carboxylic acids is 1. The summed E-state index contributed by atoms with van der Waals surface area (Å²) in [7, 11) is 1.63. The van der Waals surface area contributed by atoms with E-state index in [2.05, 4.69) is 10.3 Å². The van der Waals surface area contributed by atoms with Crippen LogP contribution in [-0.4, -0.2) is 50.9 Å². The number of carbonyl (C=O) groups is 1. The van der Waals surface area contributed by atoms with Crippen molar-refractivity contribution in [1.29, 1.82) is 0 Å². The number of aromatic hydroxyl groups is 3. The molecule has 1 atom stereocenters. The smallest absolute Gasteiger partial charge is 0.265 e. The van der Waals surface area contributed by atoms with Gasteiger partial charge >= 0.3 is 0 Å². The molecular weight excluding hydrogens is 562 g/mol. The van der Waals surface area contributed by atoms with Crippen LogP contribution in [-0.2, 0) is 17.6 Å². The van der Waals surface area contributed by atoms with Gasteiger partial charge < -0.3 is 30.1 Å². The predicted molar refractivity (Wildman–Crippen MR) is 165 cm³/mol. The van der Waals surface area contributed by atoms with E-state index in [4.69, 9.17) is 9.47 Å². The number of pyridine rings is 1. The predicted octanol–water partition coefficient (Wildman–Crippen LogP) is 4.32. The van der Waals surface area contributed by atoms with E-state index in [0.29, 0.717) is 36.4 Å². The summed E-state index contributed by atoms with van der Waals surface area (Å²) < 4.78 is 12.5. The number of hydrogen-bond acceptors (Lipinski definition) is 8. The zero-order chi connectivity index (χ0) is 31.1.